The van der Waals surface area contributed by atoms with Gasteiger partial charge in [-0.2, -0.15) is 0 Å². The zero-order valence-electron chi connectivity index (χ0n) is 16.7. The van der Waals surface area contributed by atoms with Gasteiger partial charge in [-0.25, -0.2) is 9.97 Å². The van der Waals surface area contributed by atoms with E-state index in [-0.39, 0.29) is 5.91 Å². The average molecular weight is 391 g/mol. The standard InChI is InChI=1S/C22H25N5O2/c1-27(14-10-17-7-11-23-12-8-17)22-25-15-19(16-26-22)21(28)24-13-9-18-5-3-4-6-20(18)29-2/h3-8,11-12,15-16H,9-10,13-14H2,1-2H3,(H,24,28). The number of hydrogen-bond donors (Lipinski definition) is 1. The van der Waals surface area contributed by atoms with E-state index >= 15 is 0 Å². The molecule has 0 fully saturated rings. The molecule has 1 amide bonds. The molecular formula is C22H25N5O2. The smallest absolute Gasteiger partial charge is 0.254 e. The van der Waals surface area contributed by atoms with E-state index in [4.69, 9.17) is 4.74 Å². The molecule has 7 heteroatoms. The Morgan fingerprint density at radius 2 is 1.79 bits per heavy atom. The third-order valence-corrected chi connectivity index (χ3v) is 4.60. The molecule has 1 aromatic carbocycles. The molecule has 3 rings (SSSR count). The summed E-state index contributed by atoms with van der Waals surface area (Å²) in [5.74, 6) is 1.22. The molecule has 0 atom stereocenters. The molecule has 0 unspecified atom stereocenters. The van der Waals surface area contributed by atoms with Crippen molar-refractivity contribution < 1.29 is 9.53 Å². The van der Waals surface area contributed by atoms with E-state index in [0.717, 1.165) is 24.3 Å². The van der Waals surface area contributed by atoms with Gasteiger partial charge in [-0.05, 0) is 42.2 Å². The molecule has 0 radical (unpaired) electrons. The zero-order chi connectivity index (χ0) is 20.5. The van der Waals surface area contributed by atoms with Gasteiger partial charge in [0.2, 0.25) is 5.95 Å². The molecular weight excluding hydrogens is 366 g/mol. The average Bonchev–Trinajstić information content (AvgIpc) is 2.78. The van der Waals surface area contributed by atoms with Crippen LogP contribution in [-0.4, -0.2) is 48.1 Å². The van der Waals surface area contributed by atoms with Gasteiger partial charge in [0.05, 0.1) is 12.7 Å². The second-order valence-corrected chi connectivity index (χ2v) is 6.62. The number of hydrogen-bond acceptors (Lipinski definition) is 6. The van der Waals surface area contributed by atoms with Crippen LogP contribution in [0.4, 0.5) is 5.95 Å². The Morgan fingerprint density at radius 3 is 2.52 bits per heavy atom. The van der Waals surface area contributed by atoms with Crippen molar-refractivity contribution in [1.29, 1.82) is 0 Å². The molecule has 0 bridgehead atoms. The number of nitrogens with one attached hydrogen (secondary N) is 1. The molecule has 0 saturated heterocycles. The van der Waals surface area contributed by atoms with Gasteiger partial charge in [-0.15, -0.1) is 0 Å². The van der Waals surface area contributed by atoms with E-state index in [9.17, 15) is 4.79 Å². The van der Waals surface area contributed by atoms with Gasteiger partial charge >= 0.3 is 0 Å². The highest BCUT2D eigenvalue weighted by Gasteiger charge is 2.10. The van der Waals surface area contributed by atoms with Crippen molar-refractivity contribution in [2.75, 3.05) is 32.1 Å². The maximum Gasteiger partial charge on any atom is 0.254 e. The maximum absolute atomic E-state index is 12.3. The Morgan fingerprint density at radius 1 is 1.07 bits per heavy atom. The van der Waals surface area contributed by atoms with Gasteiger partial charge < -0.3 is 15.0 Å². The quantitative estimate of drug-likeness (QED) is 0.604. The van der Waals surface area contributed by atoms with E-state index in [0.29, 0.717) is 24.5 Å². The monoisotopic (exact) mass is 391 g/mol. The third kappa shape index (κ3) is 5.75. The summed E-state index contributed by atoms with van der Waals surface area (Å²) in [4.78, 5) is 27.0. The predicted octanol–water partition coefficient (Wildman–Crippen LogP) is 2.53. The van der Waals surface area contributed by atoms with Crippen molar-refractivity contribution >= 4 is 11.9 Å². The van der Waals surface area contributed by atoms with Crippen molar-refractivity contribution in [2.24, 2.45) is 0 Å². The number of carbonyl (C=O) groups excluding carboxylic acids is 1. The van der Waals surface area contributed by atoms with E-state index < -0.39 is 0 Å². The van der Waals surface area contributed by atoms with Crippen molar-refractivity contribution in [2.45, 2.75) is 12.8 Å². The van der Waals surface area contributed by atoms with Crippen molar-refractivity contribution in [3.63, 3.8) is 0 Å². The molecule has 0 aliphatic carbocycles. The third-order valence-electron chi connectivity index (χ3n) is 4.60. The fraction of sp³-hybridized carbons (Fsp3) is 0.273. The number of rotatable bonds is 9. The summed E-state index contributed by atoms with van der Waals surface area (Å²) >= 11 is 0. The Hall–Kier alpha value is -3.48. The van der Waals surface area contributed by atoms with Gasteiger partial charge in [0.15, 0.2) is 0 Å². The Kier molecular flexibility index (Phi) is 7.10. The molecule has 150 valence electrons. The highest BCUT2D eigenvalue weighted by molar-refractivity contribution is 5.93. The summed E-state index contributed by atoms with van der Waals surface area (Å²) in [6.45, 7) is 1.28. The van der Waals surface area contributed by atoms with Gasteiger partial charge in [0.25, 0.3) is 5.91 Å². The van der Waals surface area contributed by atoms with Gasteiger partial charge in [0.1, 0.15) is 5.75 Å². The number of aromatic nitrogens is 3. The van der Waals surface area contributed by atoms with Crippen LogP contribution in [0.15, 0.2) is 61.2 Å². The fourth-order valence-electron chi connectivity index (χ4n) is 2.90. The lowest BCUT2D eigenvalue weighted by atomic mass is 10.1. The number of carbonyl (C=O) groups is 1. The van der Waals surface area contributed by atoms with Crippen LogP contribution in [0, 0.1) is 0 Å². The van der Waals surface area contributed by atoms with Gasteiger partial charge in [-0.3, -0.25) is 9.78 Å². The Bertz CT molecular complexity index is 916. The summed E-state index contributed by atoms with van der Waals surface area (Å²) in [5.41, 5.74) is 2.70. The summed E-state index contributed by atoms with van der Waals surface area (Å²) in [7, 11) is 3.58. The van der Waals surface area contributed by atoms with E-state index in [1.54, 1.807) is 31.9 Å². The van der Waals surface area contributed by atoms with Crippen LogP contribution in [0.25, 0.3) is 0 Å². The van der Waals surface area contributed by atoms with Crippen LogP contribution in [0.3, 0.4) is 0 Å². The molecule has 1 N–H and O–H groups in total. The lowest BCUT2D eigenvalue weighted by molar-refractivity contribution is 0.0953. The zero-order valence-corrected chi connectivity index (χ0v) is 16.7. The largest absolute Gasteiger partial charge is 0.496 e. The molecule has 0 saturated carbocycles. The fourth-order valence-corrected chi connectivity index (χ4v) is 2.90. The molecule has 2 aromatic heterocycles. The minimum atomic E-state index is -0.189. The van der Waals surface area contributed by atoms with E-state index in [2.05, 4.69) is 20.3 Å². The maximum atomic E-state index is 12.3. The lowest BCUT2D eigenvalue weighted by Crippen LogP contribution is -2.27. The Labute approximate surface area is 170 Å². The second kappa shape index (κ2) is 10.2. The number of amides is 1. The first-order chi connectivity index (χ1) is 14.2. The summed E-state index contributed by atoms with van der Waals surface area (Å²) in [6, 6.07) is 11.8. The van der Waals surface area contributed by atoms with Crippen molar-refractivity contribution in [3.8, 4) is 5.75 Å². The molecule has 7 nitrogen and oxygen atoms in total. The van der Waals surface area contributed by atoms with Crippen molar-refractivity contribution in [3.05, 3.63) is 77.9 Å². The van der Waals surface area contributed by atoms with Crippen LogP contribution in [-0.2, 0) is 12.8 Å². The number of ether oxygens (including phenoxy) is 1. The van der Waals surface area contributed by atoms with Crippen molar-refractivity contribution in [1.82, 2.24) is 20.3 Å². The van der Waals surface area contributed by atoms with Crippen LogP contribution in [0.1, 0.15) is 21.5 Å². The molecule has 0 aliphatic heterocycles. The molecule has 0 aliphatic rings. The molecule has 0 spiro atoms. The van der Waals surface area contributed by atoms with Gasteiger partial charge in [-0.1, -0.05) is 18.2 Å². The minimum absolute atomic E-state index is 0.189. The first-order valence-electron chi connectivity index (χ1n) is 9.49. The number of anilines is 1. The highest BCUT2D eigenvalue weighted by Crippen LogP contribution is 2.17. The van der Waals surface area contributed by atoms with Crippen LogP contribution < -0.4 is 15.0 Å². The molecule has 3 aromatic rings. The first-order valence-corrected chi connectivity index (χ1v) is 9.49. The number of pyridine rings is 1. The summed E-state index contributed by atoms with van der Waals surface area (Å²) in [6.07, 6.45) is 8.24. The lowest BCUT2D eigenvalue weighted by Gasteiger charge is -2.17. The number of methoxy groups -OCH3 is 1. The van der Waals surface area contributed by atoms with E-state index in [1.165, 1.54) is 5.56 Å². The first kappa shape index (κ1) is 20.3. The summed E-state index contributed by atoms with van der Waals surface area (Å²) in [5, 5.41) is 2.90. The molecule has 29 heavy (non-hydrogen) atoms. The number of para-hydroxylation sites is 1. The second-order valence-electron chi connectivity index (χ2n) is 6.62. The Balaban J connectivity index is 1.49. The van der Waals surface area contributed by atoms with E-state index in [1.807, 2.05) is 48.3 Å². The predicted molar refractivity (Wildman–Crippen MR) is 112 cm³/mol. The summed E-state index contributed by atoms with van der Waals surface area (Å²) < 4.78 is 5.33. The minimum Gasteiger partial charge on any atom is -0.496 e. The number of nitrogens with zero attached hydrogens (tertiary/aromatic N) is 4. The number of benzene rings is 1. The molecule has 2 heterocycles. The van der Waals surface area contributed by atoms with Crippen LogP contribution >= 0.6 is 0 Å². The SMILES string of the molecule is COc1ccccc1CCNC(=O)c1cnc(N(C)CCc2ccncc2)nc1. The van der Waals surface area contributed by atoms with Crippen LogP contribution in [0.2, 0.25) is 0 Å². The normalized spacial score (nSPS) is 10.4. The van der Waals surface area contributed by atoms with Gasteiger partial charge in [0, 0.05) is 44.9 Å². The number of likely N-dealkylation sites (N-methyl/N-ethyl adjacent to an activating group) is 1. The topological polar surface area (TPSA) is 80.2 Å². The van der Waals surface area contributed by atoms with Crippen LogP contribution in [0.5, 0.6) is 5.75 Å². The highest BCUT2D eigenvalue weighted by atomic mass is 16.5.